The third-order valence-electron chi connectivity index (χ3n) is 0. The Morgan fingerprint density at radius 3 is 1.00 bits per heavy atom. The van der Waals surface area contributed by atoms with Crippen molar-refractivity contribution in [1.82, 2.24) is 0 Å². The summed E-state index contributed by atoms with van der Waals surface area (Å²) in [5.74, 6) is 0. The molecule has 0 aliphatic heterocycles. The van der Waals surface area contributed by atoms with Crippen LogP contribution in [0.5, 0.6) is 0 Å². The molecular formula is H11NO8Tb. The van der Waals surface area contributed by atoms with Gasteiger partial charge in [-0.15, -0.1) is 10.1 Å². The number of rotatable bonds is 0. The molecule has 11 N–H and O–H groups in total. The van der Waals surface area contributed by atoms with Crippen LogP contribution in [0.1, 0.15) is 0 Å². The van der Waals surface area contributed by atoms with Crippen molar-refractivity contribution in [1.29, 1.82) is 0 Å². The fourth-order valence-corrected chi connectivity index (χ4v) is 0. The van der Waals surface area contributed by atoms with Gasteiger partial charge in [-0.2, -0.15) is 0 Å². The molecule has 0 fully saturated rings. The van der Waals surface area contributed by atoms with Gasteiger partial charge in [0.2, 0.25) is 0 Å². The molecule has 10 heavy (non-hydrogen) atoms. The predicted molar refractivity (Wildman–Crippen MR) is 26.8 cm³/mol. The van der Waals surface area contributed by atoms with Gasteiger partial charge in [-0.05, 0) is 0 Å². The van der Waals surface area contributed by atoms with Gasteiger partial charge in [0.15, 0.2) is 0 Å². The van der Waals surface area contributed by atoms with Crippen molar-refractivity contribution in [3.63, 3.8) is 0 Å². The molecule has 0 aromatic carbocycles. The molecular weight excluding hydrogens is 301 g/mol. The molecule has 0 heterocycles. The molecule has 1 radical (unpaired) electrons. The van der Waals surface area contributed by atoms with Gasteiger partial charge in [0.25, 0.3) is 5.09 Å². The van der Waals surface area contributed by atoms with E-state index in [1.807, 2.05) is 0 Å². The first-order valence-electron chi connectivity index (χ1n) is 0.565. The molecule has 73 valence electrons. The van der Waals surface area contributed by atoms with Crippen molar-refractivity contribution in [2.45, 2.75) is 0 Å². The van der Waals surface area contributed by atoms with Crippen LogP contribution in [0.15, 0.2) is 0 Å². The number of nitrogens with zero attached hydrogens (tertiary/aromatic N) is 1. The molecule has 0 saturated heterocycles. The van der Waals surface area contributed by atoms with E-state index in [0.29, 0.717) is 0 Å². The van der Waals surface area contributed by atoms with E-state index in [2.05, 4.69) is 0 Å². The Bertz CT molecular complexity index is 32.2. The summed E-state index contributed by atoms with van der Waals surface area (Å²) in [4.78, 5) is 8.36. The molecule has 0 amide bonds. The van der Waals surface area contributed by atoms with Gasteiger partial charge in [-0.25, -0.2) is 0 Å². The summed E-state index contributed by atoms with van der Waals surface area (Å²) in [5, 5.41) is 13.6. The van der Waals surface area contributed by atoms with Crippen molar-refractivity contribution in [3.8, 4) is 0 Å². The van der Waals surface area contributed by atoms with Crippen LogP contribution in [0.2, 0.25) is 0 Å². The molecule has 9 nitrogen and oxygen atoms in total. The van der Waals surface area contributed by atoms with Crippen molar-refractivity contribution in [3.05, 3.63) is 10.1 Å². The van der Waals surface area contributed by atoms with Crippen LogP contribution < -0.4 is 0 Å². The third-order valence-corrected chi connectivity index (χ3v) is 0. The molecule has 10 heteroatoms. The summed E-state index contributed by atoms with van der Waals surface area (Å²) < 4.78 is 0. The predicted octanol–water partition coefficient (Wildman–Crippen LogP) is -4.47. The van der Waals surface area contributed by atoms with E-state index < -0.39 is 5.09 Å². The van der Waals surface area contributed by atoms with Crippen LogP contribution in [-0.2, 0) is 0 Å². The summed E-state index contributed by atoms with van der Waals surface area (Å²) in [6.45, 7) is 0. The van der Waals surface area contributed by atoms with Crippen LogP contribution in [-0.4, -0.2) is 37.7 Å². The zero-order valence-corrected chi connectivity index (χ0v) is 6.68. The topological polar surface area (TPSA) is 221 Å². The second-order valence-electron chi connectivity index (χ2n) is 0.238. The summed E-state index contributed by atoms with van der Waals surface area (Å²) in [5.41, 5.74) is 0. The summed E-state index contributed by atoms with van der Waals surface area (Å²) in [6, 6.07) is 0. The van der Waals surface area contributed by atoms with E-state index >= 15 is 0 Å². The smallest absolute Gasteiger partial charge is 0.291 e. The van der Waals surface area contributed by atoms with Gasteiger partial charge in [-0.3, -0.25) is 0 Å². The molecule has 0 spiro atoms. The first kappa shape index (κ1) is 82.1. The molecule has 0 unspecified atom stereocenters. The summed E-state index contributed by atoms with van der Waals surface area (Å²) in [6.07, 6.45) is 0. The van der Waals surface area contributed by atoms with Crippen molar-refractivity contribution >= 4 is 0 Å². The average Bonchev–Trinajstić information content (AvgIpc) is 0.811. The Kier molecular flexibility index (Phi) is 485. The van der Waals surface area contributed by atoms with Crippen LogP contribution >= 0.6 is 0 Å². The standard InChI is InChI=1S/HNO3.5H2O.Tb/c2-1(3)4;;;;;;/h(H,2,3,4);5*1H2;. The molecule has 0 bridgehead atoms. The Balaban J connectivity index is -0.00000000300. The maximum absolute atomic E-state index is 8.36. The Morgan fingerprint density at radius 2 is 1.00 bits per heavy atom. The van der Waals surface area contributed by atoms with E-state index in [0.717, 1.165) is 0 Å². The van der Waals surface area contributed by atoms with E-state index in [1.54, 1.807) is 0 Å². The van der Waals surface area contributed by atoms with E-state index in [-0.39, 0.29) is 66.0 Å². The molecule has 0 aromatic heterocycles. The first-order valence-corrected chi connectivity index (χ1v) is 0.565. The number of hydrogen-bond donors (Lipinski definition) is 1. The molecule has 0 saturated carbocycles. The molecule has 0 aromatic rings. The maximum Gasteiger partial charge on any atom is 0.291 e. The van der Waals surface area contributed by atoms with Crippen molar-refractivity contribution in [2.24, 2.45) is 0 Å². The Hall–Kier alpha value is 0.286. The van der Waals surface area contributed by atoms with Crippen molar-refractivity contribution in [2.75, 3.05) is 0 Å². The van der Waals surface area contributed by atoms with Gasteiger partial charge in [0, 0.05) is 38.6 Å². The largest absolute Gasteiger partial charge is 0.412 e. The van der Waals surface area contributed by atoms with Crippen LogP contribution in [0.25, 0.3) is 0 Å². The third kappa shape index (κ3) is 5390. The number of hydrogen-bond acceptors (Lipinski definition) is 2. The summed E-state index contributed by atoms with van der Waals surface area (Å²) in [7, 11) is 0. The quantitative estimate of drug-likeness (QED) is 0.345. The summed E-state index contributed by atoms with van der Waals surface area (Å²) >= 11 is 0. The normalized spacial score (nSPS) is 2.40. The molecule has 0 aliphatic carbocycles. The van der Waals surface area contributed by atoms with Crippen LogP contribution in [0.4, 0.5) is 0 Å². The molecule has 0 aliphatic rings. The van der Waals surface area contributed by atoms with E-state index in [1.165, 1.54) is 0 Å². The van der Waals surface area contributed by atoms with E-state index in [4.69, 9.17) is 15.3 Å². The molecule has 0 atom stereocenters. The fourth-order valence-electron chi connectivity index (χ4n) is 0. The zero-order valence-electron chi connectivity index (χ0n) is 4.54. The van der Waals surface area contributed by atoms with Gasteiger partial charge < -0.3 is 32.6 Å². The minimum absolute atomic E-state index is 0. The van der Waals surface area contributed by atoms with Gasteiger partial charge in [-0.1, -0.05) is 0 Å². The van der Waals surface area contributed by atoms with Crippen LogP contribution in [0, 0.1) is 48.7 Å². The minimum atomic E-state index is -1.50. The van der Waals surface area contributed by atoms with Gasteiger partial charge >= 0.3 is 0 Å². The second-order valence-corrected chi connectivity index (χ2v) is 0.238. The zero-order chi connectivity index (χ0) is 3.58. The first-order chi connectivity index (χ1) is 1.73. The van der Waals surface area contributed by atoms with Gasteiger partial charge in [0.1, 0.15) is 0 Å². The fraction of sp³-hybridized carbons (Fsp3) is 0. The Morgan fingerprint density at radius 1 is 1.00 bits per heavy atom. The maximum atomic E-state index is 8.36. The van der Waals surface area contributed by atoms with Gasteiger partial charge in [0.05, 0.1) is 0 Å². The van der Waals surface area contributed by atoms with E-state index in [9.17, 15) is 0 Å². The van der Waals surface area contributed by atoms with Crippen molar-refractivity contribution < 1.29 is 76.3 Å². The second kappa shape index (κ2) is 59.0. The Labute approximate surface area is 86.1 Å². The molecule has 0 rings (SSSR count). The monoisotopic (exact) mass is 312 g/mol. The minimum Gasteiger partial charge on any atom is -0.412 e. The van der Waals surface area contributed by atoms with Crippen LogP contribution in [0.3, 0.4) is 0 Å². The SMILES string of the molecule is O.O.O.O.O.O=[N+]([O-])O.[Tb]. The average molecular weight is 312 g/mol.